The molecule has 5 nitrogen and oxygen atoms in total. The predicted molar refractivity (Wildman–Crippen MR) is 138 cm³/mol. The summed E-state index contributed by atoms with van der Waals surface area (Å²) < 4.78 is 21.6. The molecule has 1 amide bonds. The van der Waals surface area contributed by atoms with E-state index in [2.05, 4.69) is 49.7 Å². The van der Waals surface area contributed by atoms with Gasteiger partial charge in [0.25, 0.3) is 5.91 Å². The van der Waals surface area contributed by atoms with Crippen LogP contribution in [-0.4, -0.2) is 49.1 Å². The number of fused-ring (bicyclic) bond motifs is 1. The van der Waals surface area contributed by atoms with Crippen LogP contribution in [0.4, 0.5) is 4.39 Å². The van der Waals surface area contributed by atoms with Crippen molar-refractivity contribution in [1.82, 2.24) is 15.5 Å². The first kappa shape index (κ1) is 23.7. The lowest BCUT2D eigenvalue weighted by atomic mass is 10.0. The molecule has 2 N–H and O–H groups in total. The van der Waals surface area contributed by atoms with Crippen LogP contribution < -0.4 is 15.4 Å². The van der Waals surface area contributed by atoms with Gasteiger partial charge in [-0.25, -0.2) is 4.39 Å². The number of thiophene rings is 1. The average Bonchev–Trinajstić information content (AvgIpc) is 3.26. The van der Waals surface area contributed by atoms with Crippen molar-refractivity contribution in [2.24, 2.45) is 0 Å². The van der Waals surface area contributed by atoms with Crippen LogP contribution in [0.5, 0.6) is 5.75 Å². The fourth-order valence-electron chi connectivity index (χ4n) is 4.71. The van der Waals surface area contributed by atoms with Gasteiger partial charge in [-0.1, -0.05) is 6.07 Å². The Morgan fingerprint density at radius 3 is 2.68 bits per heavy atom. The quantitative estimate of drug-likeness (QED) is 0.439. The maximum absolute atomic E-state index is 13.4. The number of halogens is 2. The maximum atomic E-state index is 13.4. The molecule has 3 aromatic rings. The Bertz CT molecular complexity index is 1160. The number of rotatable bonds is 6. The van der Waals surface area contributed by atoms with Crippen LogP contribution in [0.25, 0.3) is 10.1 Å². The maximum Gasteiger partial charge on any atom is 0.261 e. The van der Waals surface area contributed by atoms with Gasteiger partial charge in [-0.05, 0) is 102 Å². The highest BCUT2D eigenvalue weighted by atomic mass is 79.9. The van der Waals surface area contributed by atoms with Crippen LogP contribution >= 0.6 is 27.3 Å². The number of hydrogen-bond donors (Lipinski definition) is 2. The summed E-state index contributed by atoms with van der Waals surface area (Å²) in [6.45, 7) is 4.79. The molecule has 34 heavy (non-hydrogen) atoms. The van der Waals surface area contributed by atoms with E-state index in [1.54, 1.807) is 12.1 Å². The summed E-state index contributed by atoms with van der Waals surface area (Å²) in [5.74, 6) is 0.579. The van der Waals surface area contributed by atoms with Gasteiger partial charge in [-0.2, -0.15) is 0 Å². The van der Waals surface area contributed by atoms with Gasteiger partial charge in [0.05, 0.1) is 9.35 Å². The summed E-state index contributed by atoms with van der Waals surface area (Å²) in [6, 6.07) is 13.0. The van der Waals surface area contributed by atoms with Gasteiger partial charge in [0, 0.05) is 30.4 Å². The van der Waals surface area contributed by atoms with Crippen molar-refractivity contribution >= 4 is 43.3 Å². The standard InChI is InChI=1S/C26H29BrFN3O2S/c27-22-13-17(1-3-23(22)33-21-5-9-29-10-6-21)16-31-11-7-20(8-12-31)30-26(32)25-15-18-14-19(28)2-4-24(18)34-25/h1-4,13-15,20-21,29H,5-12,16H2,(H,30,32). The molecule has 0 unspecified atom stereocenters. The minimum Gasteiger partial charge on any atom is -0.489 e. The molecular formula is C26H29BrFN3O2S. The fraction of sp³-hybridized carbons (Fsp3) is 0.423. The molecule has 1 aromatic heterocycles. The van der Waals surface area contributed by atoms with Crippen LogP contribution in [0.2, 0.25) is 0 Å². The normalized spacial score (nSPS) is 18.3. The highest BCUT2D eigenvalue weighted by Crippen LogP contribution is 2.30. The second-order valence-electron chi connectivity index (χ2n) is 9.15. The molecule has 3 heterocycles. The van der Waals surface area contributed by atoms with Crippen molar-refractivity contribution in [3.63, 3.8) is 0 Å². The van der Waals surface area contributed by atoms with Crippen molar-refractivity contribution < 1.29 is 13.9 Å². The Morgan fingerprint density at radius 1 is 1.12 bits per heavy atom. The van der Waals surface area contributed by atoms with Gasteiger partial charge in [-0.15, -0.1) is 11.3 Å². The van der Waals surface area contributed by atoms with Gasteiger partial charge in [0.2, 0.25) is 0 Å². The van der Waals surface area contributed by atoms with E-state index in [0.717, 1.165) is 78.7 Å². The number of carbonyl (C=O) groups is 1. The second kappa shape index (κ2) is 10.7. The summed E-state index contributed by atoms with van der Waals surface area (Å²) >= 11 is 5.10. The lowest BCUT2D eigenvalue weighted by molar-refractivity contribution is 0.0913. The molecule has 2 saturated heterocycles. The summed E-state index contributed by atoms with van der Waals surface area (Å²) in [6.07, 6.45) is 4.21. The minimum absolute atomic E-state index is 0.0617. The highest BCUT2D eigenvalue weighted by Gasteiger charge is 2.23. The lowest BCUT2D eigenvalue weighted by Gasteiger charge is -2.32. The number of ether oxygens (including phenoxy) is 1. The van der Waals surface area contributed by atoms with Gasteiger partial charge in [0.15, 0.2) is 0 Å². The fourth-order valence-corrected chi connectivity index (χ4v) is 6.17. The second-order valence-corrected chi connectivity index (χ2v) is 11.1. The van der Waals surface area contributed by atoms with Gasteiger partial charge >= 0.3 is 0 Å². The molecule has 0 atom stereocenters. The third-order valence-corrected chi connectivity index (χ3v) is 8.34. The Hall–Kier alpha value is -2.00. The third-order valence-electron chi connectivity index (χ3n) is 6.61. The molecule has 0 bridgehead atoms. The van der Waals surface area contributed by atoms with E-state index in [0.29, 0.717) is 4.88 Å². The Labute approximate surface area is 211 Å². The van der Waals surface area contributed by atoms with E-state index in [1.165, 1.54) is 29.0 Å². The van der Waals surface area contributed by atoms with Crippen molar-refractivity contribution in [3.8, 4) is 5.75 Å². The Morgan fingerprint density at radius 2 is 1.91 bits per heavy atom. The van der Waals surface area contributed by atoms with Gasteiger partial charge in [0.1, 0.15) is 17.7 Å². The Kier molecular flexibility index (Phi) is 7.49. The molecule has 2 aromatic carbocycles. The smallest absolute Gasteiger partial charge is 0.261 e. The van der Waals surface area contributed by atoms with Crippen LogP contribution in [0.15, 0.2) is 46.9 Å². The molecule has 2 aliphatic rings. The van der Waals surface area contributed by atoms with E-state index in [1.807, 2.05) is 0 Å². The van der Waals surface area contributed by atoms with Crippen LogP contribution in [0.1, 0.15) is 40.9 Å². The molecule has 180 valence electrons. The van der Waals surface area contributed by atoms with Crippen molar-refractivity contribution in [2.45, 2.75) is 44.4 Å². The zero-order valence-electron chi connectivity index (χ0n) is 19.0. The number of nitrogens with zero attached hydrogens (tertiary/aromatic N) is 1. The lowest BCUT2D eigenvalue weighted by Crippen LogP contribution is -2.44. The SMILES string of the molecule is O=C(NC1CCN(Cc2ccc(OC3CCNCC3)c(Br)c2)CC1)c1cc2cc(F)ccc2s1. The molecule has 2 fully saturated rings. The van der Waals surface area contributed by atoms with Crippen LogP contribution in [0, 0.1) is 5.82 Å². The average molecular weight is 547 g/mol. The third kappa shape index (κ3) is 5.79. The molecular weight excluding hydrogens is 517 g/mol. The number of likely N-dealkylation sites (tertiary alicyclic amines) is 1. The van der Waals surface area contributed by atoms with E-state index < -0.39 is 0 Å². The molecule has 0 saturated carbocycles. The van der Waals surface area contributed by atoms with Gasteiger partial charge in [-0.3, -0.25) is 9.69 Å². The zero-order valence-corrected chi connectivity index (χ0v) is 21.4. The summed E-state index contributed by atoms with van der Waals surface area (Å²) in [7, 11) is 0. The van der Waals surface area contributed by atoms with Gasteiger partial charge < -0.3 is 15.4 Å². The van der Waals surface area contributed by atoms with Crippen molar-refractivity contribution in [3.05, 3.63) is 63.2 Å². The number of piperidine rings is 2. The molecule has 0 aliphatic carbocycles. The first-order chi connectivity index (χ1) is 16.5. The first-order valence-corrected chi connectivity index (χ1v) is 13.5. The number of benzene rings is 2. The highest BCUT2D eigenvalue weighted by molar-refractivity contribution is 9.10. The van der Waals surface area contributed by atoms with E-state index in [9.17, 15) is 9.18 Å². The zero-order chi connectivity index (χ0) is 23.5. The van der Waals surface area contributed by atoms with Crippen LogP contribution in [0.3, 0.4) is 0 Å². The van der Waals surface area contributed by atoms with Crippen molar-refractivity contribution in [1.29, 1.82) is 0 Å². The minimum atomic E-state index is -0.277. The topological polar surface area (TPSA) is 53.6 Å². The molecule has 0 spiro atoms. The monoisotopic (exact) mass is 545 g/mol. The van der Waals surface area contributed by atoms with Crippen LogP contribution in [-0.2, 0) is 6.54 Å². The number of carbonyl (C=O) groups excluding carboxylic acids is 1. The molecule has 5 rings (SSSR count). The van der Waals surface area contributed by atoms with E-state index in [-0.39, 0.29) is 23.9 Å². The Balaban J connectivity index is 1.11. The largest absolute Gasteiger partial charge is 0.489 e. The first-order valence-electron chi connectivity index (χ1n) is 11.9. The summed E-state index contributed by atoms with van der Waals surface area (Å²) in [5.41, 5.74) is 1.25. The predicted octanol–water partition coefficient (Wildman–Crippen LogP) is 5.33. The van der Waals surface area contributed by atoms with Crippen molar-refractivity contribution in [2.75, 3.05) is 26.2 Å². The summed E-state index contributed by atoms with van der Waals surface area (Å²) in [5, 5.41) is 7.32. The number of hydrogen-bond acceptors (Lipinski definition) is 5. The molecule has 8 heteroatoms. The number of nitrogens with one attached hydrogen (secondary N) is 2. The summed E-state index contributed by atoms with van der Waals surface area (Å²) in [4.78, 5) is 15.8. The molecule has 2 aliphatic heterocycles. The molecule has 0 radical (unpaired) electrons. The van der Waals surface area contributed by atoms with E-state index in [4.69, 9.17) is 4.74 Å². The van der Waals surface area contributed by atoms with E-state index >= 15 is 0 Å². The number of amides is 1.